The molecule has 1 aromatic heterocycles. The molecule has 0 radical (unpaired) electrons. The molecular weight excluding hydrogens is 405 g/mol. The number of urea groups is 1. The van der Waals surface area contributed by atoms with E-state index in [1.807, 2.05) is 11.8 Å². The van der Waals surface area contributed by atoms with Gasteiger partial charge in [0.05, 0.1) is 10.6 Å². The van der Waals surface area contributed by atoms with Crippen molar-refractivity contribution in [2.75, 3.05) is 31.1 Å². The molecule has 9 heteroatoms. The molecule has 0 bridgehead atoms. The van der Waals surface area contributed by atoms with Crippen LogP contribution in [0.1, 0.15) is 18.1 Å². The normalized spacial score (nSPS) is 17.3. The Morgan fingerprint density at radius 3 is 2.76 bits per heavy atom. The van der Waals surface area contributed by atoms with Gasteiger partial charge in [-0.1, -0.05) is 29.8 Å². The van der Waals surface area contributed by atoms with Crippen molar-refractivity contribution in [2.45, 2.75) is 25.6 Å². The maximum atomic E-state index is 12.8. The summed E-state index contributed by atoms with van der Waals surface area (Å²) in [5.41, 5.74) is -0.151. The lowest BCUT2D eigenvalue weighted by Gasteiger charge is -2.40. The van der Waals surface area contributed by atoms with Gasteiger partial charge in [0.25, 0.3) is 0 Å². The van der Waals surface area contributed by atoms with Gasteiger partial charge in [-0.05, 0) is 37.1 Å². The summed E-state index contributed by atoms with van der Waals surface area (Å²) >= 11 is 6.20. The summed E-state index contributed by atoms with van der Waals surface area (Å²) in [5, 5.41) is 3.37. The van der Waals surface area contributed by atoms with Gasteiger partial charge in [0.1, 0.15) is 5.82 Å². The van der Waals surface area contributed by atoms with Gasteiger partial charge in [0.15, 0.2) is 0 Å². The van der Waals surface area contributed by atoms with Crippen LogP contribution < -0.4 is 10.2 Å². The summed E-state index contributed by atoms with van der Waals surface area (Å²) in [6.45, 7) is 3.90. The van der Waals surface area contributed by atoms with Gasteiger partial charge in [-0.3, -0.25) is 0 Å². The van der Waals surface area contributed by atoms with Crippen LogP contribution in [0.25, 0.3) is 0 Å². The number of pyridine rings is 1. The smallest absolute Gasteiger partial charge is 0.352 e. The zero-order chi connectivity index (χ0) is 21.0. The number of hydrogen-bond donors (Lipinski definition) is 1. The van der Waals surface area contributed by atoms with Crippen LogP contribution in [0.2, 0.25) is 5.02 Å². The second-order valence-electron chi connectivity index (χ2n) is 6.98. The van der Waals surface area contributed by atoms with Crippen LogP contribution in [0.4, 0.5) is 23.8 Å². The van der Waals surface area contributed by atoms with Gasteiger partial charge in [-0.2, -0.15) is 13.2 Å². The van der Waals surface area contributed by atoms with Crippen LogP contribution in [0.15, 0.2) is 42.6 Å². The number of piperazine rings is 1. The summed E-state index contributed by atoms with van der Waals surface area (Å²) in [6.07, 6.45) is -2.36. The van der Waals surface area contributed by atoms with Crippen molar-refractivity contribution >= 4 is 23.4 Å². The molecule has 2 aromatic rings. The Balaban J connectivity index is 1.51. The van der Waals surface area contributed by atoms with Crippen LogP contribution >= 0.6 is 11.6 Å². The van der Waals surface area contributed by atoms with E-state index in [2.05, 4.69) is 10.3 Å². The summed E-state index contributed by atoms with van der Waals surface area (Å²) in [4.78, 5) is 20.6. The van der Waals surface area contributed by atoms with Gasteiger partial charge >= 0.3 is 12.2 Å². The van der Waals surface area contributed by atoms with Gasteiger partial charge < -0.3 is 15.1 Å². The van der Waals surface area contributed by atoms with E-state index in [0.717, 1.165) is 12.1 Å². The Kier molecular flexibility index (Phi) is 6.52. The first-order valence-electron chi connectivity index (χ1n) is 9.32. The summed E-state index contributed by atoms with van der Waals surface area (Å²) in [7, 11) is 0. The third kappa shape index (κ3) is 5.32. The number of rotatable bonds is 4. The van der Waals surface area contributed by atoms with Crippen molar-refractivity contribution in [1.82, 2.24) is 15.2 Å². The second-order valence-corrected chi connectivity index (χ2v) is 7.38. The van der Waals surface area contributed by atoms with Crippen LogP contribution in [0, 0.1) is 0 Å². The Labute approximate surface area is 172 Å². The molecule has 1 aromatic carbocycles. The van der Waals surface area contributed by atoms with Crippen molar-refractivity contribution < 1.29 is 18.0 Å². The minimum absolute atomic E-state index is 0.0598. The number of carbonyl (C=O) groups excluding carboxylic acids is 1. The number of anilines is 1. The first kappa shape index (κ1) is 21.2. The van der Waals surface area contributed by atoms with E-state index in [9.17, 15) is 18.0 Å². The maximum absolute atomic E-state index is 12.8. The van der Waals surface area contributed by atoms with E-state index < -0.39 is 11.7 Å². The zero-order valence-electron chi connectivity index (χ0n) is 15.9. The van der Waals surface area contributed by atoms with Gasteiger partial charge in [-0.25, -0.2) is 9.78 Å². The quantitative estimate of drug-likeness (QED) is 0.796. The Hall–Kier alpha value is -2.48. The highest BCUT2D eigenvalue weighted by molar-refractivity contribution is 6.32. The molecule has 5 nitrogen and oxygen atoms in total. The SMILES string of the molecule is CC1CN(c2ncccc2Cl)CCN1C(=O)NCCc1cccc(C(F)(F)F)c1. The van der Waals surface area contributed by atoms with E-state index in [1.54, 1.807) is 29.3 Å². The number of nitrogens with zero attached hydrogens (tertiary/aromatic N) is 3. The van der Waals surface area contributed by atoms with Crippen LogP contribution in [0.5, 0.6) is 0 Å². The fraction of sp³-hybridized carbons (Fsp3) is 0.400. The third-order valence-electron chi connectivity index (χ3n) is 4.87. The summed E-state index contributed by atoms with van der Waals surface area (Å²) in [6, 6.07) is 8.42. The van der Waals surface area contributed by atoms with E-state index >= 15 is 0 Å². The molecule has 3 rings (SSSR count). The molecule has 156 valence electrons. The molecule has 1 fully saturated rings. The number of benzene rings is 1. The standard InChI is InChI=1S/C20H22ClF3N4O/c1-14-13-27(18-17(21)6-3-8-25-18)10-11-28(14)19(29)26-9-7-15-4-2-5-16(12-15)20(22,23)24/h2-6,8,12,14H,7,9-11,13H2,1H3,(H,26,29). The highest BCUT2D eigenvalue weighted by Crippen LogP contribution is 2.29. The van der Waals surface area contributed by atoms with Crippen LogP contribution in [-0.4, -0.2) is 48.1 Å². The molecule has 2 heterocycles. The third-order valence-corrected chi connectivity index (χ3v) is 5.17. The highest BCUT2D eigenvalue weighted by atomic mass is 35.5. The van der Waals surface area contributed by atoms with E-state index in [1.165, 1.54) is 6.07 Å². The lowest BCUT2D eigenvalue weighted by Crippen LogP contribution is -2.57. The number of hydrogen-bond acceptors (Lipinski definition) is 3. The van der Waals surface area contributed by atoms with Gasteiger partial charge in [-0.15, -0.1) is 0 Å². The molecule has 1 atom stereocenters. The molecule has 0 saturated carbocycles. The van der Waals surface area contributed by atoms with Gasteiger partial charge in [0, 0.05) is 38.4 Å². The molecular formula is C20H22ClF3N4O. The fourth-order valence-corrected chi connectivity index (χ4v) is 3.62. The maximum Gasteiger partial charge on any atom is 0.416 e. The van der Waals surface area contributed by atoms with Gasteiger partial charge in [0.2, 0.25) is 0 Å². The van der Waals surface area contributed by atoms with Crippen molar-refractivity contribution in [3.05, 3.63) is 58.7 Å². The Bertz CT molecular complexity index is 862. The molecule has 1 aliphatic rings. The Morgan fingerprint density at radius 2 is 2.07 bits per heavy atom. The number of aromatic nitrogens is 1. The number of amides is 2. The first-order chi connectivity index (χ1) is 13.8. The predicted octanol–water partition coefficient (Wildman–Crippen LogP) is 4.22. The molecule has 1 aliphatic heterocycles. The van der Waals surface area contributed by atoms with Crippen molar-refractivity contribution in [1.29, 1.82) is 0 Å². The van der Waals surface area contributed by atoms with Crippen molar-refractivity contribution in [3.8, 4) is 0 Å². The first-order valence-corrected chi connectivity index (χ1v) is 9.69. The molecule has 1 saturated heterocycles. The lowest BCUT2D eigenvalue weighted by molar-refractivity contribution is -0.137. The minimum atomic E-state index is -4.37. The average Bonchev–Trinajstić information content (AvgIpc) is 2.68. The second kappa shape index (κ2) is 8.90. The Morgan fingerprint density at radius 1 is 1.28 bits per heavy atom. The van der Waals surface area contributed by atoms with Crippen molar-refractivity contribution in [3.63, 3.8) is 0 Å². The zero-order valence-corrected chi connectivity index (χ0v) is 16.7. The molecule has 1 N–H and O–H groups in total. The lowest BCUT2D eigenvalue weighted by atomic mass is 10.1. The summed E-state index contributed by atoms with van der Waals surface area (Å²) < 4.78 is 38.4. The van der Waals surface area contributed by atoms with Crippen LogP contribution in [-0.2, 0) is 12.6 Å². The molecule has 29 heavy (non-hydrogen) atoms. The topological polar surface area (TPSA) is 48.5 Å². The predicted molar refractivity (Wildman–Crippen MR) is 106 cm³/mol. The van der Waals surface area contributed by atoms with E-state index in [-0.39, 0.29) is 18.6 Å². The monoisotopic (exact) mass is 426 g/mol. The highest BCUT2D eigenvalue weighted by Gasteiger charge is 2.31. The van der Waals surface area contributed by atoms with Crippen molar-refractivity contribution in [2.24, 2.45) is 0 Å². The fourth-order valence-electron chi connectivity index (χ4n) is 3.38. The van der Waals surface area contributed by atoms with E-state index in [4.69, 9.17) is 11.6 Å². The molecule has 0 aliphatic carbocycles. The molecule has 0 spiro atoms. The number of carbonyl (C=O) groups is 1. The minimum Gasteiger partial charge on any atom is -0.352 e. The van der Waals surface area contributed by atoms with E-state index in [0.29, 0.717) is 42.5 Å². The number of halogens is 4. The largest absolute Gasteiger partial charge is 0.416 e. The number of alkyl halides is 3. The molecule has 1 unspecified atom stereocenters. The summed E-state index contributed by atoms with van der Waals surface area (Å²) in [5.74, 6) is 0.700. The average molecular weight is 427 g/mol. The molecule has 2 amide bonds. The van der Waals surface area contributed by atoms with Crippen LogP contribution in [0.3, 0.4) is 0 Å². The number of nitrogens with one attached hydrogen (secondary N) is 1.